The SMILES string of the molecule is CC(NCC1CCNCC1)c1ccccc1Cl. The first-order chi connectivity index (χ1) is 8.27. The number of benzene rings is 1. The maximum atomic E-state index is 6.19. The van der Waals surface area contributed by atoms with Gasteiger partial charge in [0.25, 0.3) is 0 Å². The lowest BCUT2D eigenvalue weighted by Gasteiger charge is -2.25. The summed E-state index contributed by atoms with van der Waals surface area (Å²) < 4.78 is 0. The number of piperidine rings is 1. The zero-order chi connectivity index (χ0) is 12.1. The molecule has 0 saturated carbocycles. The summed E-state index contributed by atoms with van der Waals surface area (Å²) in [6.45, 7) is 5.59. The van der Waals surface area contributed by atoms with E-state index in [0.717, 1.165) is 30.6 Å². The topological polar surface area (TPSA) is 24.1 Å². The normalized spacial score (nSPS) is 19.2. The summed E-state index contributed by atoms with van der Waals surface area (Å²) in [5.41, 5.74) is 1.20. The highest BCUT2D eigenvalue weighted by atomic mass is 35.5. The second-order valence-electron chi connectivity index (χ2n) is 4.84. The fourth-order valence-electron chi connectivity index (χ4n) is 2.37. The molecule has 0 radical (unpaired) electrons. The number of rotatable bonds is 4. The molecule has 1 aromatic carbocycles. The van der Waals surface area contributed by atoms with E-state index in [0.29, 0.717) is 6.04 Å². The van der Waals surface area contributed by atoms with Gasteiger partial charge in [-0.2, -0.15) is 0 Å². The molecule has 0 bridgehead atoms. The summed E-state index contributed by atoms with van der Waals surface area (Å²) in [6.07, 6.45) is 2.56. The third-order valence-electron chi connectivity index (χ3n) is 3.54. The molecule has 2 nitrogen and oxygen atoms in total. The van der Waals surface area contributed by atoms with Gasteiger partial charge in [0, 0.05) is 11.1 Å². The first-order valence-corrected chi connectivity index (χ1v) is 6.83. The second kappa shape index (κ2) is 6.39. The van der Waals surface area contributed by atoms with Gasteiger partial charge in [-0.25, -0.2) is 0 Å². The molecule has 1 unspecified atom stereocenters. The van der Waals surface area contributed by atoms with E-state index in [1.54, 1.807) is 0 Å². The van der Waals surface area contributed by atoms with E-state index in [1.165, 1.54) is 18.4 Å². The first-order valence-electron chi connectivity index (χ1n) is 6.46. The molecule has 1 aromatic rings. The molecule has 1 aliphatic rings. The van der Waals surface area contributed by atoms with E-state index in [4.69, 9.17) is 11.6 Å². The fraction of sp³-hybridized carbons (Fsp3) is 0.571. The molecule has 1 atom stereocenters. The average Bonchev–Trinajstić information content (AvgIpc) is 2.38. The minimum Gasteiger partial charge on any atom is -0.317 e. The first kappa shape index (κ1) is 12.9. The van der Waals surface area contributed by atoms with Crippen molar-refractivity contribution >= 4 is 11.6 Å². The smallest absolute Gasteiger partial charge is 0.0453 e. The van der Waals surface area contributed by atoms with Gasteiger partial charge in [0.15, 0.2) is 0 Å². The van der Waals surface area contributed by atoms with Gasteiger partial charge < -0.3 is 10.6 Å². The van der Waals surface area contributed by atoms with Crippen molar-refractivity contribution < 1.29 is 0 Å². The lowest BCUT2D eigenvalue weighted by Crippen LogP contribution is -2.34. The van der Waals surface area contributed by atoms with Crippen molar-refractivity contribution in [3.8, 4) is 0 Å². The minimum absolute atomic E-state index is 0.332. The van der Waals surface area contributed by atoms with Crippen molar-refractivity contribution in [1.82, 2.24) is 10.6 Å². The summed E-state index contributed by atoms with van der Waals surface area (Å²) in [6, 6.07) is 8.41. The van der Waals surface area contributed by atoms with Crippen LogP contribution in [0.3, 0.4) is 0 Å². The predicted molar refractivity (Wildman–Crippen MR) is 73.5 cm³/mol. The van der Waals surface area contributed by atoms with Crippen LogP contribution in [0.4, 0.5) is 0 Å². The molecular formula is C14H21ClN2. The zero-order valence-electron chi connectivity index (χ0n) is 10.4. The van der Waals surface area contributed by atoms with Crippen LogP contribution < -0.4 is 10.6 Å². The van der Waals surface area contributed by atoms with Gasteiger partial charge in [0.1, 0.15) is 0 Å². The number of hydrogen-bond donors (Lipinski definition) is 2. The van der Waals surface area contributed by atoms with Gasteiger partial charge in [-0.05, 0) is 56.9 Å². The molecule has 2 N–H and O–H groups in total. The van der Waals surface area contributed by atoms with E-state index < -0.39 is 0 Å². The quantitative estimate of drug-likeness (QED) is 0.861. The molecule has 3 heteroatoms. The van der Waals surface area contributed by atoms with E-state index in [2.05, 4.69) is 23.6 Å². The lowest BCUT2D eigenvalue weighted by molar-refractivity contribution is 0.345. The average molecular weight is 253 g/mol. The van der Waals surface area contributed by atoms with Crippen molar-refractivity contribution in [2.45, 2.75) is 25.8 Å². The molecule has 17 heavy (non-hydrogen) atoms. The number of nitrogens with one attached hydrogen (secondary N) is 2. The molecule has 2 rings (SSSR count). The Bertz CT molecular complexity index is 348. The highest BCUT2D eigenvalue weighted by Gasteiger charge is 2.15. The Kier molecular flexibility index (Phi) is 4.84. The van der Waals surface area contributed by atoms with Crippen LogP contribution in [-0.4, -0.2) is 19.6 Å². The van der Waals surface area contributed by atoms with Crippen LogP contribution in [0, 0.1) is 5.92 Å². The van der Waals surface area contributed by atoms with E-state index in [-0.39, 0.29) is 0 Å². The molecular weight excluding hydrogens is 232 g/mol. The van der Waals surface area contributed by atoms with Gasteiger partial charge in [-0.15, -0.1) is 0 Å². The number of halogens is 1. The zero-order valence-corrected chi connectivity index (χ0v) is 11.1. The Hall–Kier alpha value is -0.570. The highest BCUT2D eigenvalue weighted by Crippen LogP contribution is 2.22. The molecule has 0 spiro atoms. The molecule has 0 amide bonds. The largest absolute Gasteiger partial charge is 0.317 e. The van der Waals surface area contributed by atoms with Gasteiger partial charge in [-0.3, -0.25) is 0 Å². The Morgan fingerprint density at radius 2 is 2.06 bits per heavy atom. The molecule has 1 heterocycles. The maximum absolute atomic E-state index is 6.19. The van der Waals surface area contributed by atoms with Gasteiger partial charge >= 0.3 is 0 Å². The van der Waals surface area contributed by atoms with Gasteiger partial charge in [-0.1, -0.05) is 29.8 Å². The summed E-state index contributed by atoms with van der Waals surface area (Å²) >= 11 is 6.19. The van der Waals surface area contributed by atoms with Crippen LogP contribution in [0.1, 0.15) is 31.4 Å². The maximum Gasteiger partial charge on any atom is 0.0453 e. The van der Waals surface area contributed by atoms with Crippen molar-refractivity contribution in [3.05, 3.63) is 34.9 Å². The Balaban J connectivity index is 1.84. The van der Waals surface area contributed by atoms with Gasteiger partial charge in [0.2, 0.25) is 0 Å². The van der Waals surface area contributed by atoms with Crippen LogP contribution in [-0.2, 0) is 0 Å². The van der Waals surface area contributed by atoms with Crippen molar-refractivity contribution in [3.63, 3.8) is 0 Å². The van der Waals surface area contributed by atoms with Crippen LogP contribution in [0.2, 0.25) is 5.02 Å². The summed E-state index contributed by atoms with van der Waals surface area (Å²) in [5, 5.41) is 7.85. The Morgan fingerprint density at radius 3 is 2.76 bits per heavy atom. The van der Waals surface area contributed by atoms with Crippen LogP contribution in [0.5, 0.6) is 0 Å². The summed E-state index contributed by atoms with van der Waals surface area (Å²) in [5.74, 6) is 0.807. The molecule has 1 fully saturated rings. The lowest BCUT2D eigenvalue weighted by atomic mass is 9.97. The summed E-state index contributed by atoms with van der Waals surface area (Å²) in [4.78, 5) is 0. The minimum atomic E-state index is 0.332. The second-order valence-corrected chi connectivity index (χ2v) is 5.25. The predicted octanol–water partition coefficient (Wildman–Crippen LogP) is 2.99. The van der Waals surface area contributed by atoms with Crippen molar-refractivity contribution in [2.75, 3.05) is 19.6 Å². The van der Waals surface area contributed by atoms with Crippen LogP contribution in [0.15, 0.2) is 24.3 Å². The van der Waals surface area contributed by atoms with E-state index in [1.807, 2.05) is 18.2 Å². The third-order valence-corrected chi connectivity index (χ3v) is 3.89. The Labute approximate surface area is 109 Å². The number of hydrogen-bond acceptors (Lipinski definition) is 2. The molecule has 94 valence electrons. The summed E-state index contributed by atoms with van der Waals surface area (Å²) in [7, 11) is 0. The monoisotopic (exact) mass is 252 g/mol. The molecule has 0 aliphatic carbocycles. The van der Waals surface area contributed by atoms with E-state index >= 15 is 0 Å². The molecule has 1 aliphatic heterocycles. The Morgan fingerprint density at radius 1 is 1.35 bits per heavy atom. The van der Waals surface area contributed by atoms with E-state index in [9.17, 15) is 0 Å². The standard InChI is InChI=1S/C14H21ClN2/c1-11(13-4-2-3-5-14(13)15)17-10-12-6-8-16-9-7-12/h2-5,11-12,16-17H,6-10H2,1H3. The van der Waals surface area contributed by atoms with Crippen molar-refractivity contribution in [2.24, 2.45) is 5.92 Å². The van der Waals surface area contributed by atoms with Crippen molar-refractivity contribution in [1.29, 1.82) is 0 Å². The third kappa shape index (κ3) is 3.70. The van der Waals surface area contributed by atoms with Crippen LogP contribution >= 0.6 is 11.6 Å². The molecule has 0 aromatic heterocycles. The van der Waals surface area contributed by atoms with Gasteiger partial charge in [0.05, 0.1) is 0 Å². The highest BCUT2D eigenvalue weighted by molar-refractivity contribution is 6.31. The molecule has 1 saturated heterocycles. The fourth-order valence-corrected chi connectivity index (χ4v) is 2.66. The van der Waals surface area contributed by atoms with Crippen LogP contribution in [0.25, 0.3) is 0 Å².